The summed E-state index contributed by atoms with van der Waals surface area (Å²) < 4.78 is 5.38. The van der Waals surface area contributed by atoms with Gasteiger partial charge >= 0.3 is 0 Å². The molecule has 0 aromatic heterocycles. The normalized spacial score (nSPS) is 10.6. The van der Waals surface area contributed by atoms with Crippen molar-refractivity contribution in [2.45, 2.75) is 26.9 Å². The second-order valence-corrected chi connectivity index (χ2v) is 5.92. The van der Waals surface area contributed by atoms with Gasteiger partial charge in [0.1, 0.15) is 5.75 Å². The van der Waals surface area contributed by atoms with Crippen molar-refractivity contribution in [2.75, 3.05) is 20.2 Å². The summed E-state index contributed by atoms with van der Waals surface area (Å²) >= 11 is 0. The van der Waals surface area contributed by atoms with Gasteiger partial charge in [-0.15, -0.1) is 24.0 Å². The zero-order valence-electron chi connectivity index (χ0n) is 16.6. The molecule has 0 aliphatic heterocycles. The molecule has 0 saturated carbocycles. The zero-order chi connectivity index (χ0) is 19.5. The Morgan fingerprint density at radius 3 is 2.46 bits per heavy atom. The number of nitrogens with zero attached hydrogens (tertiary/aromatic N) is 1. The van der Waals surface area contributed by atoms with Crippen molar-refractivity contribution in [3.8, 4) is 5.75 Å². The van der Waals surface area contributed by atoms with E-state index in [4.69, 9.17) is 4.74 Å². The Kier molecular flexibility index (Phi) is 11.0. The van der Waals surface area contributed by atoms with Crippen LogP contribution in [0.15, 0.2) is 53.5 Å². The Hall–Kier alpha value is -2.29. The summed E-state index contributed by atoms with van der Waals surface area (Å²) in [5.74, 6) is 1.49. The monoisotopic (exact) mass is 496 g/mol. The van der Waals surface area contributed by atoms with Gasteiger partial charge in [-0.3, -0.25) is 4.79 Å². The molecule has 0 aliphatic rings. The summed E-state index contributed by atoms with van der Waals surface area (Å²) in [6.07, 6.45) is 0. The van der Waals surface area contributed by atoms with Crippen LogP contribution in [0.3, 0.4) is 0 Å². The Morgan fingerprint density at radius 1 is 1.00 bits per heavy atom. The Bertz CT molecular complexity index is 781. The second-order valence-electron chi connectivity index (χ2n) is 5.92. The third-order valence-corrected chi connectivity index (χ3v) is 3.93. The van der Waals surface area contributed by atoms with Gasteiger partial charge in [0.15, 0.2) is 5.96 Å². The topological polar surface area (TPSA) is 74.8 Å². The molecule has 0 aliphatic carbocycles. The summed E-state index contributed by atoms with van der Waals surface area (Å²) in [5, 5.41) is 9.37. The van der Waals surface area contributed by atoms with E-state index in [0.717, 1.165) is 23.4 Å². The van der Waals surface area contributed by atoms with Crippen LogP contribution in [-0.2, 0) is 13.1 Å². The van der Waals surface area contributed by atoms with Crippen LogP contribution in [0.4, 0.5) is 0 Å². The highest BCUT2D eigenvalue weighted by atomic mass is 127. The highest BCUT2D eigenvalue weighted by Gasteiger charge is 2.06. The number of para-hydroxylation sites is 1. The number of carbonyl (C=O) groups is 1. The predicted molar refractivity (Wildman–Crippen MR) is 125 cm³/mol. The first-order valence-corrected chi connectivity index (χ1v) is 9.19. The predicted octanol–water partition coefficient (Wildman–Crippen LogP) is 3.32. The number of halogens is 1. The van der Waals surface area contributed by atoms with Crippen molar-refractivity contribution in [3.05, 3.63) is 65.2 Å². The quantitative estimate of drug-likeness (QED) is 0.298. The summed E-state index contributed by atoms with van der Waals surface area (Å²) in [6.45, 7) is 6.39. The summed E-state index contributed by atoms with van der Waals surface area (Å²) in [5.41, 5.74) is 2.69. The standard InChI is InChI=1S/C21H28N4O2.HI/c1-4-22-20(26)17-11-8-9-16(13-17)14-24-21(23-5-2)25-15-18-10-6-7-12-19(18)27-3;/h6-13H,4-5,14-15H2,1-3H3,(H,22,26)(H2,23,24,25);1H. The molecule has 152 valence electrons. The van der Waals surface area contributed by atoms with Crippen molar-refractivity contribution >= 4 is 35.8 Å². The molecule has 0 heterocycles. The minimum atomic E-state index is -0.0652. The van der Waals surface area contributed by atoms with E-state index in [2.05, 4.69) is 20.9 Å². The highest BCUT2D eigenvalue weighted by molar-refractivity contribution is 14.0. The lowest BCUT2D eigenvalue weighted by Crippen LogP contribution is -2.36. The van der Waals surface area contributed by atoms with E-state index in [1.807, 2.05) is 62.4 Å². The molecule has 28 heavy (non-hydrogen) atoms. The van der Waals surface area contributed by atoms with Gasteiger partial charge in [0.05, 0.1) is 13.7 Å². The van der Waals surface area contributed by atoms with E-state index < -0.39 is 0 Å². The molecule has 3 N–H and O–H groups in total. The van der Waals surface area contributed by atoms with Crippen LogP contribution in [0.2, 0.25) is 0 Å². The van der Waals surface area contributed by atoms with E-state index >= 15 is 0 Å². The fourth-order valence-electron chi connectivity index (χ4n) is 2.61. The van der Waals surface area contributed by atoms with Crippen molar-refractivity contribution in [3.63, 3.8) is 0 Å². The maximum absolute atomic E-state index is 12.0. The van der Waals surface area contributed by atoms with Crippen molar-refractivity contribution in [2.24, 2.45) is 4.99 Å². The maximum atomic E-state index is 12.0. The average molecular weight is 496 g/mol. The molecular weight excluding hydrogens is 467 g/mol. The van der Waals surface area contributed by atoms with Gasteiger partial charge < -0.3 is 20.7 Å². The van der Waals surface area contributed by atoms with Gasteiger partial charge in [-0.05, 0) is 37.6 Å². The van der Waals surface area contributed by atoms with Gasteiger partial charge in [0, 0.05) is 30.8 Å². The molecule has 7 heteroatoms. The molecule has 2 rings (SSSR count). The number of nitrogens with one attached hydrogen (secondary N) is 3. The van der Waals surface area contributed by atoms with Crippen molar-refractivity contribution < 1.29 is 9.53 Å². The molecule has 0 atom stereocenters. The molecule has 2 aromatic carbocycles. The number of amides is 1. The lowest BCUT2D eigenvalue weighted by molar-refractivity contribution is 0.0955. The number of ether oxygens (including phenoxy) is 1. The van der Waals surface area contributed by atoms with Crippen LogP contribution in [-0.4, -0.2) is 32.1 Å². The molecular formula is C21H29IN4O2. The molecule has 0 unspecified atom stereocenters. The molecule has 2 aromatic rings. The number of methoxy groups -OCH3 is 1. The minimum Gasteiger partial charge on any atom is -0.496 e. The Labute approximate surface area is 184 Å². The van der Waals surface area contributed by atoms with E-state index in [1.165, 1.54) is 0 Å². The van der Waals surface area contributed by atoms with Crippen LogP contribution in [0.5, 0.6) is 5.75 Å². The SMILES string of the molecule is CCNC(=O)c1cccc(CN=C(NCC)NCc2ccccc2OC)c1.I. The molecule has 6 nitrogen and oxygen atoms in total. The van der Waals surface area contributed by atoms with E-state index in [9.17, 15) is 4.79 Å². The molecule has 0 fully saturated rings. The van der Waals surface area contributed by atoms with Gasteiger partial charge in [0.25, 0.3) is 5.91 Å². The van der Waals surface area contributed by atoms with E-state index in [1.54, 1.807) is 7.11 Å². The Morgan fingerprint density at radius 2 is 1.75 bits per heavy atom. The minimum absolute atomic E-state index is 0. The second kappa shape index (κ2) is 13.0. The maximum Gasteiger partial charge on any atom is 0.251 e. The summed E-state index contributed by atoms with van der Waals surface area (Å²) in [4.78, 5) is 16.6. The molecule has 1 amide bonds. The molecule has 0 bridgehead atoms. The number of rotatable bonds is 8. The van der Waals surface area contributed by atoms with Gasteiger partial charge in [-0.2, -0.15) is 0 Å². The first kappa shape index (κ1) is 23.7. The fraction of sp³-hybridized carbons (Fsp3) is 0.333. The average Bonchev–Trinajstić information content (AvgIpc) is 2.70. The van der Waals surface area contributed by atoms with Gasteiger partial charge in [-0.25, -0.2) is 4.99 Å². The third kappa shape index (κ3) is 7.38. The largest absolute Gasteiger partial charge is 0.496 e. The zero-order valence-corrected chi connectivity index (χ0v) is 18.9. The lowest BCUT2D eigenvalue weighted by atomic mass is 10.1. The van der Waals surface area contributed by atoms with Crippen LogP contribution in [0, 0.1) is 0 Å². The number of carbonyl (C=O) groups excluding carboxylic acids is 1. The molecule has 0 spiro atoms. The third-order valence-electron chi connectivity index (χ3n) is 3.93. The number of aliphatic imine (C=N–C) groups is 1. The Balaban J connectivity index is 0.00000392. The number of benzene rings is 2. The van der Waals surface area contributed by atoms with Gasteiger partial charge in [0.2, 0.25) is 0 Å². The van der Waals surface area contributed by atoms with E-state index in [0.29, 0.717) is 31.2 Å². The van der Waals surface area contributed by atoms with Crippen LogP contribution >= 0.6 is 24.0 Å². The molecule has 0 radical (unpaired) electrons. The van der Waals surface area contributed by atoms with Crippen molar-refractivity contribution in [1.29, 1.82) is 0 Å². The molecule has 0 saturated heterocycles. The van der Waals surface area contributed by atoms with Crippen molar-refractivity contribution in [1.82, 2.24) is 16.0 Å². The fourth-order valence-corrected chi connectivity index (χ4v) is 2.61. The van der Waals surface area contributed by atoms with Crippen LogP contribution < -0.4 is 20.7 Å². The van der Waals surface area contributed by atoms with Crippen LogP contribution in [0.25, 0.3) is 0 Å². The number of guanidine groups is 1. The number of hydrogen-bond acceptors (Lipinski definition) is 3. The summed E-state index contributed by atoms with van der Waals surface area (Å²) in [7, 11) is 1.67. The number of hydrogen-bond donors (Lipinski definition) is 3. The van der Waals surface area contributed by atoms with Crippen LogP contribution in [0.1, 0.15) is 35.3 Å². The van der Waals surface area contributed by atoms with E-state index in [-0.39, 0.29) is 29.9 Å². The summed E-state index contributed by atoms with van der Waals surface area (Å²) in [6, 6.07) is 15.4. The lowest BCUT2D eigenvalue weighted by Gasteiger charge is -2.13. The first-order valence-electron chi connectivity index (χ1n) is 9.19. The first-order chi connectivity index (χ1) is 13.2. The van der Waals surface area contributed by atoms with Gasteiger partial charge in [-0.1, -0.05) is 30.3 Å². The highest BCUT2D eigenvalue weighted by Crippen LogP contribution is 2.16. The smallest absolute Gasteiger partial charge is 0.251 e.